The van der Waals surface area contributed by atoms with E-state index in [1.807, 2.05) is 0 Å². The molecular weight excluding hydrogens is 251 g/mol. The smallest absolute Gasteiger partial charge is 0.314 e. The van der Waals surface area contributed by atoms with Gasteiger partial charge in [-0.3, -0.25) is 4.57 Å². The van der Waals surface area contributed by atoms with E-state index in [-0.39, 0.29) is 0 Å². The molecule has 0 saturated carbocycles. The normalized spacial score (nSPS) is 9.94. The molecule has 0 aromatic rings. The molecule has 114 valence electrons. The first-order valence-electron chi connectivity index (χ1n) is 6.79. The lowest BCUT2D eigenvalue weighted by Gasteiger charge is -2.13. The molecule has 0 amide bonds. The molecule has 0 spiro atoms. The molecule has 0 unspecified atom stereocenters. The van der Waals surface area contributed by atoms with Gasteiger partial charge in [-0.05, 0) is 39.3 Å². The van der Waals surface area contributed by atoms with Gasteiger partial charge in [-0.2, -0.15) is 0 Å². The number of rotatable bonds is 6. The molecule has 2 N–H and O–H groups in total. The minimum absolute atomic E-state index is 1.19. The van der Waals surface area contributed by atoms with Crippen molar-refractivity contribution in [3.63, 3.8) is 0 Å². The van der Waals surface area contributed by atoms with Gasteiger partial charge >= 0.3 is 8.25 Å². The zero-order valence-corrected chi connectivity index (χ0v) is 13.9. The zero-order valence-electron chi connectivity index (χ0n) is 12.9. The van der Waals surface area contributed by atoms with Crippen molar-refractivity contribution >= 4 is 8.25 Å². The average Bonchev–Trinajstić information content (AvgIpc) is 2.34. The monoisotopic (exact) mass is 284 g/mol. The fraction of sp³-hybridized carbons (Fsp3) is 1.00. The van der Waals surface area contributed by atoms with Gasteiger partial charge < -0.3 is 19.6 Å². The van der Waals surface area contributed by atoms with Crippen molar-refractivity contribution in [2.24, 2.45) is 0 Å². The highest BCUT2D eigenvalue weighted by Gasteiger charge is 1.89. The van der Waals surface area contributed by atoms with E-state index >= 15 is 0 Å². The Hall–Kier alpha value is 0.0700. The predicted octanol–water partition coefficient (Wildman–Crippen LogP) is 2.06. The standard InChI is InChI=1S/2C6H15N.H3O3P/c2*1-4-7(5-2)6-3;1-4(2)3/h2*4-6H2,1-3H3;4H,(H2,1,2,3). The van der Waals surface area contributed by atoms with Crippen molar-refractivity contribution in [2.75, 3.05) is 39.3 Å². The Balaban J connectivity index is -0.000000196. The molecular formula is C12H33N2O3P. The van der Waals surface area contributed by atoms with Gasteiger partial charge in [-0.15, -0.1) is 0 Å². The molecule has 0 aliphatic carbocycles. The SMILES string of the molecule is CCN(CC)CC.CCN(CC)CC.O=[PH](O)O. The van der Waals surface area contributed by atoms with Crippen molar-refractivity contribution in [3.05, 3.63) is 0 Å². The van der Waals surface area contributed by atoms with Crippen LogP contribution in [0.4, 0.5) is 0 Å². The Morgan fingerprint density at radius 1 is 0.667 bits per heavy atom. The van der Waals surface area contributed by atoms with E-state index in [1.165, 1.54) is 39.3 Å². The van der Waals surface area contributed by atoms with Gasteiger partial charge in [0.15, 0.2) is 0 Å². The minimum Gasteiger partial charge on any atom is -0.326 e. The van der Waals surface area contributed by atoms with Crippen molar-refractivity contribution < 1.29 is 14.4 Å². The van der Waals surface area contributed by atoms with Crippen LogP contribution in [0.15, 0.2) is 0 Å². The van der Waals surface area contributed by atoms with Crippen LogP contribution in [0.25, 0.3) is 0 Å². The summed E-state index contributed by atoms with van der Waals surface area (Å²) >= 11 is 0. The lowest BCUT2D eigenvalue weighted by Crippen LogP contribution is -2.21. The maximum Gasteiger partial charge on any atom is 0.314 e. The first-order chi connectivity index (χ1) is 8.42. The fourth-order valence-electron chi connectivity index (χ4n) is 1.34. The van der Waals surface area contributed by atoms with Crippen LogP contribution >= 0.6 is 8.25 Å². The van der Waals surface area contributed by atoms with Crippen LogP contribution < -0.4 is 0 Å². The van der Waals surface area contributed by atoms with Gasteiger partial charge in [0.05, 0.1) is 0 Å². The molecule has 0 heterocycles. The van der Waals surface area contributed by atoms with Crippen LogP contribution in [0.3, 0.4) is 0 Å². The van der Waals surface area contributed by atoms with Gasteiger partial charge in [0.2, 0.25) is 0 Å². The van der Waals surface area contributed by atoms with Crippen LogP contribution in [0, 0.1) is 0 Å². The Labute approximate surface area is 114 Å². The van der Waals surface area contributed by atoms with Crippen LogP contribution in [0.5, 0.6) is 0 Å². The van der Waals surface area contributed by atoms with Crippen LogP contribution in [-0.4, -0.2) is 58.9 Å². The summed E-state index contributed by atoms with van der Waals surface area (Å²) in [5.41, 5.74) is 0. The first kappa shape index (κ1) is 23.2. The molecule has 0 fully saturated rings. The lowest BCUT2D eigenvalue weighted by molar-refractivity contribution is 0.321. The largest absolute Gasteiger partial charge is 0.326 e. The van der Waals surface area contributed by atoms with Gasteiger partial charge in [0, 0.05) is 0 Å². The summed E-state index contributed by atoms with van der Waals surface area (Å²) < 4.78 is 8.74. The Bertz CT molecular complexity index is 136. The highest BCUT2D eigenvalue weighted by Crippen LogP contribution is 1.98. The van der Waals surface area contributed by atoms with Crippen molar-refractivity contribution in [1.82, 2.24) is 9.80 Å². The fourth-order valence-corrected chi connectivity index (χ4v) is 1.34. The van der Waals surface area contributed by atoms with Crippen LogP contribution in [0.2, 0.25) is 0 Å². The maximum atomic E-state index is 8.74. The van der Waals surface area contributed by atoms with Crippen molar-refractivity contribution in [1.29, 1.82) is 0 Å². The molecule has 18 heavy (non-hydrogen) atoms. The summed E-state index contributed by atoms with van der Waals surface area (Å²) in [5.74, 6) is 0. The van der Waals surface area contributed by atoms with Crippen molar-refractivity contribution in [2.45, 2.75) is 41.5 Å². The van der Waals surface area contributed by atoms with Crippen molar-refractivity contribution in [3.8, 4) is 0 Å². The maximum absolute atomic E-state index is 8.74. The quantitative estimate of drug-likeness (QED) is 0.731. The number of nitrogens with zero attached hydrogens (tertiary/aromatic N) is 2. The van der Waals surface area contributed by atoms with E-state index in [0.29, 0.717) is 0 Å². The summed E-state index contributed by atoms with van der Waals surface area (Å²) in [5, 5.41) is 0. The first-order valence-corrected chi connectivity index (χ1v) is 8.09. The highest BCUT2D eigenvalue weighted by atomic mass is 31.1. The van der Waals surface area contributed by atoms with E-state index in [0.717, 1.165) is 0 Å². The number of hydrogen-bond donors (Lipinski definition) is 2. The molecule has 0 radical (unpaired) electrons. The van der Waals surface area contributed by atoms with Gasteiger partial charge in [-0.1, -0.05) is 41.5 Å². The third-order valence-electron chi connectivity index (χ3n) is 2.68. The minimum atomic E-state index is -3.13. The lowest BCUT2D eigenvalue weighted by atomic mass is 10.5. The van der Waals surface area contributed by atoms with E-state index < -0.39 is 8.25 Å². The second-order valence-electron chi connectivity index (χ2n) is 3.52. The van der Waals surface area contributed by atoms with E-state index in [4.69, 9.17) is 14.4 Å². The van der Waals surface area contributed by atoms with E-state index in [2.05, 4.69) is 51.3 Å². The highest BCUT2D eigenvalue weighted by molar-refractivity contribution is 7.30. The summed E-state index contributed by atoms with van der Waals surface area (Å²) in [6.07, 6.45) is 0. The molecule has 6 heteroatoms. The topological polar surface area (TPSA) is 64.0 Å². The average molecular weight is 284 g/mol. The Kier molecular flexibility index (Phi) is 25.0. The third kappa shape index (κ3) is 25.1. The van der Waals surface area contributed by atoms with Crippen LogP contribution in [-0.2, 0) is 4.57 Å². The van der Waals surface area contributed by atoms with Gasteiger partial charge in [-0.25, -0.2) is 0 Å². The number of hydrogen-bond acceptors (Lipinski definition) is 3. The van der Waals surface area contributed by atoms with E-state index in [9.17, 15) is 0 Å². The second-order valence-corrected chi connectivity index (χ2v) is 4.09. The van der Waals surface area contributed by atoms with E-state index in [1.54, 1.807) is 0 Å². The predicted molar refractivity (Wildman–Crippen MR) is 80.4 cm³/mol. The summed E-state index contributed by atoms with van der Waals surface area (Å²) in [6.45, 7) is 20.2. The summed E-state index contributed by atoms with van der Waals surface area (Å²) in [7, 11) is -3.13. The molecule has 0 aromatic heterocycles. The molecule has 0 aliphatic heterocycles. The van der Waals surface area contributed by atoms with Crippen LogP contribution in [0.1, 0.15) is 41.5 Å². The van der Waals surface area contributed by atoms with Gasteiger partial charge in [0.1, 0.15) is 0 Å². The molecule has 0 saturated heterocycles. The molecule has 0 bridgehead atoms. The Morgan fingerprint density at radius 3 is 0.778 bits per heavy atom. The molecule has 5 nitrogen and oxygen atoms in total. The molecule has 0 rings (SSSR count). The zero-order chi connectivity index (χ0) is 15.0. The summed E-state index contributed by atoms with van der Waals surface area (Å²) in [4.78, 5) is 19.1. The molecule has 0 atom stereocenters. The van der Waals surface area contributed by atoms with Gasteiger partial charge in [0.25, 0.3) is 0 Å². The Morgan fingerprint density at radius 2 is 0.778 bits per heavy atom. The molecule has 0 aromatic carbocycles. The molecule has 0 aliphatic rings. The summed E-state index contributed by atoms with van der Waals surface area (Å²) in [6, 6.07) is 0. The second kappa shape index (κ2) is 19.4. The third-order valence-corrected chi connectivity index (χ3v) is 2.68.